The lowest BCUT2D eigenvalue weighted by Crippen LogP contribution is -2.43. The van der Waals surface area contributed by atoms with Gasteiger partial charge in [-0.3, -0.25) is 13.9 Å². The average Bonchev–Trinajstić information content (AvgIpc) is 3.04. The number of nitrogens with zero attached hydrogens (tertiary/aromatic N) is 4. The number of aliphatic carboxylic acids is 1. The highest BCUT2D eigenvalue weighted by Gasteiger charge is 2.35. The van der Waals surface area contributed by atoms with Crippen LogP contribution in [0.4, 0.5) is 0 Å². The van der Waals surface area contributed by atoms with Gasteiger partial charge in [0.1, 0.15) is 11.4 Å². The quantitative estimate of drug-likeness (QED) is 0.527. The molecule has 3 heterocycles. The molecule has 1 N–H and O–H groups in total. The van der Waals surface area contributed by atoms with E-state index in [-0.39, 0.29) is 28.5 Å². The minimum atomic E-state index is -4.18. The van der Waals surface area contributed by atoms with E-state index in [0.29, 0.717) is 18.4 Å². The molecule has 2 aromatic heterocycles. The van der Waals surface area contributed by atoms with E-state index >= 15 is 0 Å². The first-order valence-electron chi connectivity index (χ1n) is 10.1. The van der Waals surface area contributed by atoms with Gasteiger partial charge < -0.3 is 5.11 Å². The largest absolute Gasteiger partial charge is 0.480 e. The summed E-state index contributed by atoms with van der Waals surface area (Å²) in [5.74, 6) is -1.19. The summed E-state index contributed by atoms with van der Waals surface area (Å²) in [5.41, 5.74) is 0.0173. The minimum Gasteiger partial charge on any atom is -0.480 e. The van der Waals surface area contributed by atoms with Crippen LogP contribution in [-0.4, -0.2) is 65.7 Å². The Balaban J connectivity index is 1.77. The van der Waals surface area contributed by atoms with E-state index in [4.69, 9.17) is 0 Å². The van der Waals surface area contributed by atoms with Crippen LogP contribution in [0.2, 0.25) is 0 Å². The van der Waals surface area contributed by atoms with Gasteiger partial charge in [-0.15, -0.1) is 0 Å². The van der Waals surface area contributed by atoms with Crippen molar-refractivity contribution in [2.24, 2.45) is 0 Å². The van der Waals surface area contributed by atoms with Crippen LogP contribution in [0.15, 0.2) is 57.2 Å². The molecule has 0 bridgehead atoms. The molecule has 0 aliphatic carbocycles. The van der Waals surface area contributed by atoms with Crippen molar-refractivity contribution in [1.82, 2.24) is 18.4 Å². The predicted octanol–water partition coefficient (Wildman–Crippen LogP) is 0.712. The Bertz CT molecular complexity index is 1510. The number of fused-ring (bicyclic) bond motifs is 1. The van der Waals surface area contributed by atoms with E-state index in [9.17, 15) is 31.5 Å². The van der Waals surface area contributed by atoms with Gasteiger partial charge in [-0.2, -0.15) is 4.31 Å². The van der Waals surface area contributed by atoms with Crippen LogP contribution < -0.4 is 5.69 Å². The van der Waals surface area contributed by atoms with Crippen LogP contribution in [0.1, 0.15) is 18.9 Å². The molecular formula is C20H22N4O7S2. The maximum Gasteiger partial charge on any atom is 0.331 e. The number of carbonyl (C=O) groups is 1. The maximum atomic E-state index is 13.4. The third-order valence-electron chi connectivity index (χ3n) is 5.61. The van der Waals surface area contributed by atoms with Gasteiger partial charge in [-0.05, 0) is 37.1 Å². The normalized spacial score (nSPS) is 17.9. The number of hydrogen-bond acceptors (Lipinski definition) is 7. The standard InChI is InChI=1S/C20H22N4O7S2/c1-32(28,29)16-8-2-3-9-17(16)33(30,31)22-11-5-6-14(12-22)24-19-15(7-4-10-21-19)23(20(24)27)13-18(25)26/h2-4,7-10,14H,5-6,11-13H2,1H3,(H,25,26)/t14-/m0/s1. The van der Waals surface area contributed by atoms with Crippen molar-refractivity contribution in [3.63, 3.8) is 0 Å². The molecular weight excluding hydrogens is 472 g/mol. The Labute approximate surface area is 189 Å². The summed E-state index contributed by atoms with van der Waals surface area (Å²) < 4.78 is 54.7. The summed E-state index contributed by atoms with van der Waals surface area (Å²) in [6.45, 7) is -0.472. The zero-order valence-corrected chi connectivity index (χ0v) is 19.3. The second-order valence-electron chi connectivity index (χ2n) is 7.86. The van der Waals surface area contributed by atoms with Gasteiger partial charge in [-0.25, -0.2) is 26.6 Å². The summed E-state index contributed by atoms with van der Waals surface area (Å²) in [4.78, 5) is 28.0. The maximum absolute atomic E-state index is 13.4. The molecule has 3 aromatic rings. The molecule has 0 spiro atoms. The van der Waals surface area contributed by atoms with Crippen molar-refractivity contribution in [2.75, 3.05) is 19.3 Å². The Kier molecular flexibility index (Phi) is 5.88. The number of benzene rings is 1. The van der Waals surface area contributed by atoms with Crippen molar-refractivity contribution in [3.8, 4) is 0 Å². The van der Waals surface area contributed by atoms with Gasteiger partial charge in [0.15, 0.2) is 15.5 Å². The predicted molar refractivity (Wildman–Crippen MR) is 118 cm³/mol. The highest BCUT2D eigenvalue weighted by atomic mass is 32.2. The molecule has 1 atom stereocenters. The lowest BCUT2D eigenvalue weighted by molar-refractivity contribution is -0.137. The fourth-order valence-electron chi connectivity index (χ4n) is 4.18. The first-order chi connectivity index (χ1) is 15.5. The highest BCUT2D eigenvalue weighted by Crippen LogP contribution is 2.30. The number of sulfone groups is 1. The fraction of sp³-hybridized carbons (Fsp3) is 0.350. The summed E-state index contributed by atoms with van der Waals surface area (Å²) in [7, 11) is -7.97. The van der Waals surface area contributed by atoms with Crippen LogP contribution in [0.5, 0.6) is 0 Å². The summed E-state index contributed by atoms with van der Waals surface area (Å²) in [6.07, 6.45) is 3.32. The number of sulfonamides is 1. The lowest BCUT2D eigenvalue weighted by atomic mass is 10.1. The van der Waals surface area contributed by atoms with Gasteiger partial charge >= 0.3 is 11.7 Å². The molecule has 33 heavy (non-hydrogen) atoms. The van der Waals surface area contributed by atoms with Crippen molar-refractivity contribution in [1.29, 1.82) is 0 Å². The van der Waals surface area contributed by atoms with Gasteiger partial charge in [0, 0.05) is 25.5 Å². The van der Waals surface area contributed by atoms with Gasteiger partial charge in [-0.1, -0.05) is 12.1 Å². The fourth-order valence-corrected chi connectivity index (χ4v) is 7.30. The smallest absolute Gasteiger partial charge is 0.331 e. The zero-order chi connectivity index (χ0) is 24.0. The number of carboxylic acid groups (broad SMARTS) is 1. The van der Waals surface area contributed by atoms with Crippen molar-refractivity contribution < 1.29 is 26.7 Å². The lowest BCUT2D eigenvalue weighted by Gasteiger charge is -2.32. The van der Waals surface area contributed by atoms with E-state index < -0.39 is 44.1 Å². The summed E-state index contributed by atoms with van der Waals surface area (Å²) >= 11 is 0. The highest BCUT2D eigenvalue weighted by molar-refractivity contribution is 7.93. The second kappa shape index (κ2) is 8.39. The first-order valence-corrected chi connectivity index (χ1v) is 13.4. The second-order valence-corrected chi connectivity index (χ2v) is 11.7. The van der Waals surface area contributed by atoms with Gasteiger partial charge in [0.25, 0.3) is 0 Å². The molecule has 1 aromatic carbocycles. The first kappa shape index (κ1) is 23.1. The van der Waals surface area contributed by atoms with Crippen LogP contribution in [0.3, 0.4) is 0 Å². The van der Waals surface area contributed by atoms with Gasteiger partial charge in [0.2, 0.25) is 10.0 Å². The van der Waals surface area contributed by atoms with Crippen LogP contribution in [0, 0.1) is 0 Å². The van der Waals surface area contributed by atoms with Crippen molar-refractivity contribution in [3.05, 3.63) is 53.1 Å². The average molecular weight is 495 g/mol. The monoisotopic (exact) mass is 494 g/mol. The number of pyridine rings is 1. The molecule has 1 fully saturated rings. The minimum absolute atomic E-state index is 0.0803. The van der Waals surface area contributed by atoms with E-state index in [0.717, 1.165) is 10.8 Å². The third kappa shape index (κ3) is 4.18. The molecule has 4 rings (SSSR count). The molecule has 1 aliphatic rings. The number of aromatic nitrogens is 3. The Morgan fingerprint density at radius 1 is 1.12 bits per heavy atom. The SMILES string of the molecule is CS(=O)(=O)c1ccccc1S(=O)(=O)N1CCC[C@H](n2c(=O)n(CC(=O)O)c3cccnc32)C1. The molecule has 0 saturated carbocycles. The molecule has 13 heteroatoms. The molecule has 1 saturated heterocycles. The molecule has 0 radical (unpaired) electrons. The molecule has 0 unspecified atom stereocenters. The van der Waals surface area contributed by atoms with Crippen molar-refractivity contribution >= 4 is 37.0 Å². The molecule has 176 valence electrons. The summed E-state index contributed by atoms with van der Waals surface area (Å²) in [5, 5.41) is 9.21. The van der Waals surface area contributed by atoms with Gasteiger partial charge in [0.05, 0.1) is 16.5 Å². The third-order valence-corrected chi connectivity index (χ3v) is 8.81. The summed E-state index contributed by atoms with van der Waals surface area (Å²) in [6, 6.07) is 7.99. The van der Waals surface area contributed by atoms with E-state index in [1.807, 2.05) is 0 Å². The van der Waals surface area contributed by atoms with E-state index in [1.165, 1.54) is 39.3 Å². The van der Waals surface area contributed by atoms with Crippen LogP contribution in [0.25, 0.3) is 11.2 Å². The molecule has 11 nitrogen and oxygen atoms in total. The number of imidazole rings is 1. The molecule has 1 aliphatic heterocycles. The number of carboxylic acids is 1. The number of piperidine rings is 1. The number of rotatable bonds is 6. The van der Waals surface area contributed by atoms with E-state index in [1.54, 1.807) is 12.1 Å². The zero-order valence-electron chi connectivity index (χ0n) is 17.7. The van der Waals surface area contributed by atoms with Crippen LogP contribution in [-0.2, 0) is 31.2 Å². The van der Waals surface area contributed by atoms with E-state index in [2.05, 4.69) is 4.98 Å². The Hall–Kier alpha value is -3.03. The van der Waals surface area contributed by atoms with Crippen molar-refractivity contribution in [2.45, 2.75) is 35.2 Å². The molecule has 0 amide bonds. The van der Waals surface area contributed by atoms with Crippen LogP contribution >= 0.6 is 0 Å². The Morgan fingerprint density at radius 2 is 1.82 bits per heavy atom. The number of hydrogen-bond donors (Lipinski definition) is 1. The topological polar surface area (TPSA) is 149 Å². The Morgan fingerprint density at radius 3 is 2.48 bits per heavy atom.